The number of rotatable bonds is 0. The summed E-state index contributed by atoms with van der Waals surface area (Å²) in [5.41, 5.74) is 3.43. The fourth-order valence-corrected chi connectivity index (χ4v) is 4.30. The third-order valence-corrected chi connectivity index (χ3v) is 5.23. The van der Waals surface area contributed by atoms with Gasteiger partial charge in [-0.3, -0.25) is 0 Å². The van der Waals surface area contributed by atoms with Crippen LogP contribution in [0.5, 0.6) is 0 Å². The Labute approximate surface area is 117 Å². The standard InChI is InChI=1S/C13H8N2S3/c16-13-15-9-5-8-11(6-12(9)18-13)17-10-4-2-1-3-7(10)14-8/h1-6,14H,(H,15,16). The SMILES string of the molecule is S=c1[nH]c2cc3c(cc2s1)Sc1ccccc1N3. The Hall–Kier alpha value is -1.30. The number of anilines is 2. The van der Waals surface area contributed by atoms with Crippen LogP contribution in [0.15, 0.2) is 46.2 Å². The zero-order valence-corrected chi connectivity index (χ0v) is 11.6. The second-order valence-electron chi connectivity index (χ2n) is 4.08. The van der Waals surface area contributed by atoms with Crippen molar-refractivity contribution in [3.8, 4) is 0 Å². The molecule has 2 nitrogen and oxygen atoms in total. The molecule has 0 amide bonds. The van der Waals surface area contributed by atoms with Gasteiger partial charge in [0.15, 0.2) is 3.95 Å². The van der Waals surface area contributed by atoms with E-state index in [4.69, 9.17) is 12.2 Å². The molecule has 3 aromatic rings. The lowest BCUT2D eigenvalue weighted by atomic mass is 10.2. The van der Waals surface area contributed by atoms with Gasteiger partial charge in [-0.25, -0.2) is 0 Å². The summed E-state index contributed by atoms with van der Waals surface area (Å²) >= 11 is 8.62. The lowest BCUT2D eigenvalue weighted by Gasteiger charge is -2.20. The molecule has 0 unspecified atom stereocenters. The molecule has 1 aromatic heterocycles. The lowest BCUT2D eigenvalue weighted by molar-refractivity contribution is 1.32. The fraction of sp³-hybridized carbons (Fsp3) is 0. The predicted octanol–water partition coefficient (Wildman–Crippen LogP) is 5.17. The first-order chi connectivity index (χ1) is 8.79. The number of para-hydroxylation sites is 1. The number of fused-ring (bicyclic) bond motifs is 3. The monoisotopic (exact) mass is 288 g/mol. The van der Waals surface area contributed by atoms with E-state index in [0.717, 1.165) is 15.2 Å². The Balaban J connectivity index is 1.94. The number of aromatic amines is 1. The van der Waals surface area contributed by atoms with E-state index in [9.17, 15) is 0 Å². The first-order valence-corrected chi connectivity index (χ1v) is 7.54. The largest absolute Gasteiger partial charge is 0.354 e. The summed E-state index contributed by atoms with van der Waals surface area (Å²) in [6.45, 7) is 0. The van der Waals surface area contributed by atoms with Gasteiger partial charge in [-0.15, -0.1) is 11.3 Å². The van der Waals surface area contributed by atoms with E-state index in [2.05, 4.69) is 40.6 Å². The molecule has 0 radical (unpaired) electrons. The third kappa shape index (κ3) is 1.59. The molecule has 0 bridgehead atoms. The minimum Gasteiger partial charge on any atom is -0.354 e. The number of aromatic nitrogens is 1. The number of hydrogen-bond acceptors (Lipinski definition) is 4. The Morgan fingerprint density at radius 3 is 2.83 bits per heavy atom. The number of benzene rings is 2. The highest BCUT2D eigenvalue weighted by Gasteiger charge is 2.16. The van der Waals surface area contributed by atoms with Crippen LogP contribution in [-0.2, 0) is 0 Å². The maximum absolute atomic E-state index is 5.19. The quantitative estimate of drug-likeness (QED) is 0.437. The topological polar surface area (TPSA) is 27.8 Å². The van der Waals surface area contributed by atoms with Crippen LogP contribution in [0, 0.1) is 3.95 Å². The minimum absolute atomic E-state index is 0.829. The van der Waals surface area contributed by atoms with Crippen LogP contribution in [-0.4, -0.2) is 4.98 Å². The smallest absolute Gasteiger partial charge is 0.159 e. The van der Waals surface area contributed by atoms with Crippen molar-refractivity contribution in [1.29, 1.82) is 0 Å². The molecule has 2 aromatic carbocycles. The van der Waals surface area contributed by atoms with E-state index in [-0.39, 0.29) is 0 Å². The van der Waals surface area contributed by atoms with Crippen molar-refractivity contribution in [3.05, 3.63) is 40.4 Å². The van der Waals surface area contributed by atoms with Gasteiger partial charge in [-0.05, 0) is 36.5 Å². The molecule has 0 aliphatic carbocycles. The highest BCUT2D eigenvalue weighted by Crippen LogP contribution is 2.45. The average Bonchev–Trinajstić information content (AvgIpc) is 2.72. The van der Waals surface area contributed by atoms with Crippen molar-refractivity contribution in [2.75, 3.05) is 5.32 Å². The van der Waals surface area contributed by atoms with E-state index in [0.29, 0.717) is 0 Å². The van der Waals surface area contributed by atoms with Crippen molar-refractivity contribution in [2.24, 2.45) is 0 Å². The van der Waals surface area contributed by atoms with Crippen molar-refractivity contribution in [3.63, 3.8) is 0 Å². The van der Waals surface area contributed by atoms with Gasteiger partial charge in [0.05, 0.1) is 21.6 Å². The number of H-pyrrole nitrogens is 1. The van der Waals surface area contributed by atoms with Crippen molar-refractivity contribution >= 4 is 56.9 Å². The van der Waals surface area contributed by atoms with Crippen LogP contribution in [0.3, 0.4) is 0 Å². The molecule has 1 aliphatic rings. The molecule has 0 saturated heterocycles. The first kappa shape index (κ1) is 10.6. The van der Waals surface area contributed by atoms with Crippen LogP contribution >= 0.6 is 35.3 Å². The molecule has 2 N–H and O–H groups in total. The normalized spacial score (nSPS) is 12.9. The fourth-order valence-electron chi connectivity index (χ4n) is 2.08. The van der Waals surface area contributed by atoms with Gasteiger partial charge in [0.1, 0.15) is 0 Å². The maximum atomic E-state index is 5.19. The summed E-state index contributed by atoms with van der Waals surface area (Å²) in [6.07, 6.45) is 0. The van der Waals surface area contributed by atoms with E-state index in [1.54, 1.807) is 23.1 Å². The molecule has 18 heavy (non-hydrogen) atoms. The Morgan fingerprint density at radius 1 is 1.00 bits per heavy atom. The van der Waals surface area contributed by atoms with Gasteiger partial charge in [0.2, 0.25) is 0 Å². The highest BCUT2D eigenvalue weighted by atomic mass is 32.2. The van der Waals surface area contributed by atoms with Gasteiger partial charge in [0.25, 0.3) is 0 Å². The van der Waals surface area contributed by atoms with Crippen LogP contribution in [0.2, 0.25) is 0 Å². The van der Waals surface area contributed by atoms with Crippen molar-refractivity contribution in [2.45, 2.75) is 9.79 Å². The molecule has 0 atom stereocenters. The van der Waals surface area contributed by atoms with Crippen molar-refractivity contribution in [1.82, 2.24) is 4.98 Å². The number of nitrogens with one attached hydrogen (secondary N) is 2. The second kappa shape index (κ2) is 3.85. The highest BCUT2D eigenvalue weighted by molar-refractivity contribution is 7.99. The molecule has 0 fully saturated rings. The van der Waals surface area contributed by atoms with Crippen LogP contribution in [0.1, 0.15) is 0 Å². The van der Waals surface area contributed by atoms with Gasteiger partial charge in [0, 0.05) is 9.79 Å². The molecule has 4 rings (SSSR count). The summed E-state index contributed by atoms with van der Waals surface area (Å²) in [7, 11) is 0. The molecule has 0 spiro atoms. The maximum Gasteiger partial charge on any atom is 0.159 e. The summed E-state index contributed by atoms with van der Waals surface area (Å²) < 4.78 is 2.04. The van der Waals surface area contributed by atoms with E-state index < -0.39 is 0 Å². The predicted molar refractivity (Wildman–Crippen MR) is 80.9 cm³/mol. The van der Waals surface area contributed by atoms with E-state index >= 15 is 0 Å². The lowest BCUT2D eigenvalue weighted by Crippen LogP contribution is -1.99. The van der Waals surface area contributed by atoms with E-state index in [1.165, 1.54) is 20.2 Å². The van der Waals surface area contributed by atoms with Gasteiger partial charge in [-0.2, -0.15) is 0 Å². The van der Waals surface area contributed by atoms with Crippen molar-refractivity contribution < 1.29 is 0 Å². The number of thiazole rings is 1. The number of hydrogen-bond donors (Lipinski definition) is 2. The van der Waals surface area contributed by atoms with Gasteiger partial charge in [-0.1, -0.05) is 23.9 Å². The molecule has 5 heteroatoms. The van der Waals surface area contributed by atoms with Gasteiger partial charge >= 0.3 is 0 Å². The first-order valence-electron chi connectivity index (χ1n) is 5.50. The summed E-state index contributed by atoms with van der Waals surface area (Å²) in [4.78, 5) is 5.74. The molecular formula is C13H8N2S3. The summed E-state index contributed by atoms with van der Waals surface area (Å²) in [5, 5.41) is 3.47. The molecule has 0 saturated carbocycles. The minimum atomic E-state index is 0.829. The molecule has 1 aliphatic heterocycles. The Bertz CT molecular complexity index is 751. The zero-order chi connectivity index (χ0) is 12.1. The Kier molecular flexibility index (Phi) is 2.27. The summed E-state index contributed by atoms with van der Waals surface area (Å²) in [6, 6.07) is 12.7. The molecule has 2 heterocycles. The van der Waals surface area contributed by atoms with Crippen LogP contribution in [0.4, 0.5) is 11.4 Å². The third-order valence-electron chi connectivity index (χ3n) is 2.90. The summed E-state index contributed by atoms with van der Waals surface area (Å²) in [5.74, 6) is 0. The van der Waals surface area contributed by atoms with E-state index in [1.807, 2.05) is 6.07 Å². The van der Waals surface area contributed by atoms with Gasteiger partial charge < -0.3 is 10.3 Å². The van der Waals surface area contributed by atoms with Crippen LogP contribution in [0.25, 0.3) is 10.2 Å². The Morgan fingerprint density at radius 2 is 1.89 bits per heavy atom. The molecular weight excluding hydrogens is 280 g/mol. The van der Waals surface area contributed by atoms with Crippen LogP contribution < -0.4 is 5.32 Å². The second-order valence-corrected chi connectivity index (χ2v) is 6.88. The molecule has 88 valence electrons. The average molecular weight is 288 g/mol. The zero-order valence-electron chi connectivity index (χ0n) is 9.19.